The first-order valence-electron chi connectivity index (χ1n) is 27.9. The van der Waals surface area contributed by atoms with Gasteiger partial charge >= 0.3 is 7.82 Å². The molecule has 0 aromatic heterocycles. The molecule has 3 N–H and O–H groups in total. The highest BCUT2D eigenvalue weighted by Crippen LogP contribution is 2.43. The molecule has 1 amide bonds. The maximum Gasteiger partial charge on any atom is 0.472 e. The number of aliphatic hydroxyl groups is 1. The third-order valence-electron chi connectivity index (χ3n) is 11.2. The normalized spacial score (nSPS) is 15.2. The van der Waals surface area contributed by atoms with Gasteiger partial charge in [0.2, 0.25) is 5.91 Å². The zero-order valence-corrected chi connectivity index (χ0v) is 47.0. The summed E-state index contributed by atoms with van der Waals surface area (Å²) in [5.41, 5.74) is 0. The van der Waals surface area contributed by atoms with Gasteiger partial charge in [-0.3, -0.25) is 13.8 Å². The zero-order chi connectivity index (χ0) is 52.7. The highest BCUT2D eigenvalue weighted by molar-refractivity contribution is 7.47. The Labute approximate surface area is 441 Å². The topological polar surface area (TPSA) is 105 Å². The van der Waals surface area contributed by atoms with E-state index in [-0.39, 0.29) is 19.1 Å². The minimum atomic E-state index is -4.36. The average Bonchev–Trinajstić information content (AvgIpc) is 3.34. The van der Waals surface area contributed by atoms with Gasteiger partial charge < -0.3 is 19.8 Å². The number of nitrogens with one attached hydrogen (secondary N) is 1. The third-order valence-corrected chi connectivity index (χ3v) is 12.2. The molecule has 0 saturated carbocycles. The summed E-state index contributed by atoms with van der Waals surface area (Å²) in [6, 6.07) is -0.884. The minimum Gasteiger partial charge on any atom is -0.387 e. The van der Waals surface area contributed by atoms with Gasteiger partial charge in [-0.05, 0) is 116 Å². The number of amides is 1. The van der Waals surface area contributed by atoms with Gasteiger partial charge in [0, 0.05) is 6.42 Å². The first-order valence-corrected chi connectivity index (χ1v) is 29.4. The number of hydrogen-bond donors (Lipinski definition) is 3. The van der Waals surface area contributed by atoms with Gasteiger partial charge in [-0.25, -0.2) is 4.57 Å². The van der Waals surface area contributed by atoms with Crippen LogP contribution >= 0.6 is 7.82 Å². The molecule has 8 nitrogen and oxygen atoms in total. The van der Waals surface area contributed by atoms with Crippen molar-refractivity contribution in [1.29, 1.82) is 0 Å². The van der Waals surface area contributed by atoms with Crippen molar-refractivity contribution in [3.63, 3.8) is 0 Å². The lowest BCUT2D eigenvalue weighted by molar-refractivity contribution is -0.870. The van der Waals surface area contributed by atoms with E-state index in [1.807, 2.05) is 27.2 Å². The molecule has 0 radical (unpaired) electrons. The molecule has 0 rings (SSSR count). The van der Waals surface area contributed by atoms with Gasteiger partial charge in [0.05, 0.1) is 39.9 Å². The molecule has 0 aromatic carbocycles. The summed E-state index contributed by atoms with van der Waals surface area (Å²) in [5.74, 6) is -0.215. The molecule has 72 heavy (non-hydrogen) atoms. The van der Waals surface area contributed by atoms with Crippen LogP contribution in [0.3, 0.4) is 0 Å². The molecule has 3 unspecified atom stereocenters. The molecule has 0 saturated heterocycles. The number of carbonyl (C=O) groups is 1. The molecule has 3 atom stereocenters. The van der Waals surface area contributed by atoms with E-state index >= 15 is 0 Å². The second-order valence-corrected chi connectivity index (χ2v) is 20.7. The molecule has 0 heterocycles. The van der Waals surface area contributed by atoms with Gasteiger partial charge in [0.1, 0.15) is 13.2 Å². The molecule has 0 aliphatic carbocycles. The summed E-state index contributed by atoms with van der Waals surface area (Å²) in [6.07, 6.45) is 82.1. The lowest BCUT2D eigenvalue weighted by Gasteiger charge is -2.25. The third kappa shape index (κ3) is 53.9. The van der Waals surface area contributed by atoms with E-state index in [2.05, 4.69) is 165 Å². The molecule has 9 heteroatoms. The Kier molecular flexibility index (Phi) is 49.2. The fraction of sp³-hybridized carbons (Fsp3) is 0.571. The molecule has 0 aliphatic rings. The lowest BCUT2D eigenvalue weighted by Crippen LogP contribution is -2.45. The van der Waals surface area contributed by atoms with E-state index in [1.165, 1.54) is 32.1 Å². The number of phosphoric ester groups is 1. The summed E-state index contributed by atoms with van der Waals surface area (Å²) < 4.78 is 23.6. The predicted molar refractivity (Wildman–Crippen MR) is 313 cm³/mol. The van der Waals surface area contributed by atoms with Crippen LogP contribution in [0.5, 0.6) is 0 Å². The molecule has 0 fully saturated rings. The molecular weight excluding hydrogens is 912 g/mol. The Morgan fingerprint density at radius 2 is 0.847 bits per heavy atom. The molecule has 0 aromatic rings. The molecular formula is C63H104N2O6P+. The number of hydrogen-bond acceptors (Lipinski definition) is 5. The number of rotatable bonds is 48. The van der Waals surface area contributed by atoms with Crippen molar-refractivity contribution in [1.82, 2.24) is 5.32 Å². The summed E-state index contributed by atoms with van der Waals surface area (Å²) in [5, 5.41) is 13.8. The smallest absolute Gasteiger partial charge is 0.387 e. The van der Waals surface area contributed by atoms with Crippen LogP contribution in [0.15, 0.2) is 158 Å². The van der Waals surface area contributed by atoms with Crippen molar-refractivity contribution in [2.75, 3.05) is 40.9 Å². The number of unbranched alkanes of at least 4 members (excludes halogenated alkanes) is 11. The number of carbonyl (C=O) groups excluding carboxylic acids is 1. The van der Waals surface area contributed by atoms with Crippen LogP contribution in [0, 0.1) is 0 Å². The highest BCUT2D eigenvalue weighted by atomic mass is 31.2. The second kappa shape index (κ2) is 52.0. The van der Waals surface area contributed by atoms with Gasteiger partial charge in [-0.15, -0.1) is 0 Å². The highest BCUT2D eigenvalue weighted by Gasteiger charge is 2.27. The standard InChI is InChI=1S/C63H103N2O6P/c1-6-8-10-12-14-16-18-19-20-21-22-23-24-25-26-27-28-29-30-31-32-33-34-35-36-37-38-39-40-41-42-43-44-45-47-49-51-53-55-57-63(67)64-61(60-71-72(68,69)70-59-58-65(3,4)5)62(66)56-54-52-50-48-46-17-15-13-11-9-7-2/h8,10,14,16,19-20,22-23,25-26,28-29,31-32,34-35,37-38,40-41,43-44,46,48,54,56,61-62,66H,6-7,9,11-13,15,17-18,21,24,27,30,33,36,39,42,45,47,49-53,55,57-60H2,1-5H3,(H-,64,67,68,69)/p+1/b10-8-,16-14-,20-19-,23-22-,26-25-,29-28-,32-31-,35-34-,38-37-,41-40-,44-43-,48-46+,56-54+. The van der Waals surface area contributed by atoms with Crippen molar-refractivity contribution < 1.29 is 32.9 Å². The number of nitrogens with zero attached hydrogens (tertiary/aromatic N) is 1. The number of quaternary nitrogens is 1. The number of allylic oxidation sites excluding steroid dienone is 25. The van der Waals surface area contributed by atoms with E-state index in [0.717, 1.165) is 128 Å². The first kappa shape index (κ1) is 68.1. The Hall–Kier alpha value is -3.88. The van der Waals surface area contributed by atoms with E-state index in [9.17, 15) is 19.4 Å². The van der Waals surface area contributed by atoms with Gasteiger partial charge in [0.25, 0.3) is 0 Å². The van der Waals surface area contributed by atoms with Crippen molar-refractivity contribution >= 4 is 13.7 Å². The first-order chi connectivity index (χ1) is 35.0. The fourth-order valence-corrected chi connectivity index (χ4v) is 7.62. The number of likely N-dealkylation sites (N-methyl/N-ethyl adjacent to an activating group) is 1. The van der Waals surface area contributed by atoms with Crippen LogP contribution in [0.4, 0.5) is 0 Å². The van der Waals surface area contributed by atoms with Gasteiger partial charge in [0.15, 0.2) is 0 Å². The van der Waals surface area contributed by atoms with Crippen molar-refractivity contribution in [2.24, 2.45) is 0 Å². The Bertz CT molecular complexity index is 1720. The zero-order valence-electron chi connectivity index (χ0n) is 46.1. The average molecular weight is 1020 g/mol. The Balaban J connectivity index is 4.19. The monoisotopic (exact) mass is 1020 g/mol. The van der Waals surface area contributed by atoms with Gasteiger partial charge in [-0.1, -0.05) is 217 Å². The summed E-state index contributed by atoms with van der Waals surface area (Å²) >= 11 is 0. The van der Waals surface area contributed by atoms with E-state index in [4.69, 9.17) is 9.05 Å². The van der Waals surface area contributed by atoms with Crippen LogP contribution in [0.25, 0.3) is 0 Å². The van der Waals surface area contributed by atoms with E-state index in [0.29, 0.717) is 17.4 Å². The van der Waals surface area contributed by atoms with Crippen molar-refractivity contribution in [2.45, 2.75) is 193 Å². The van der Waals surface area contributed by atoms with Crippen LogP contribution < -0.4 is 5.32 Å². The quantitative estimate of drug-likeness (QED) is 0.0243. The minimum absolute atomic E-state index is 0.0431. The van der Waals surface area contributed by atoms with E-state index < -0.39 is 20.0 Å². The van der Waals surface area contributed by atoms with Crippen LogP contribution in [0.2, 0.25) is 0 Å². The molecule has 0 aliphatic heterocycles. The molecule has 0 bridgehead atoms. The van der Waals surface area contributed by atoms with Crippen LogP contribution in [0.1, 0.15) is 181 Å². The lowest BCUT2D eigenvalue weighted by atomic mass is 10.1. The molecule has 406 valence electrons. The van der Waals surface area contributed by atoms with Crippen molar-refractivity contribution in [3.8, 4) is 0 Å². The number of aliphatic hydroxyl groups excluding tert-OH is 1. The summed E-state index contributed by atoms with van der Waals surface area (Å²) in [6.45, 7) is 4.60. The maximum atomic E-state index is 12.9. The summed E-state index contributed by atoms with van der Waals surface area (Å²) in [4.78, 5) is 23.2. The van der Waals surface area contributed by atoms with Crippen LogP contribution in [-0.2, 0) is 18.4 Å². The summed E-state index contributed by atoms with van der Waals surface area (Å²) in [7, 11) is 1.51. The van der Waals surface area contributed by atoms with Gasteiger partial charge in [-0.2, -0.15) is 0 Å². The Morgan fingerprint density at radius 1 is 0.486 bits per heavy atom. The van der Waals surface area contributed by atoms with E-state index in [1.54, 1.807) is 6.08 Å². The fourth-order valence-electron chi connectivity index (χ4n) is 6.88. The number of phosphoric acid groups is 1. The maximum absolute atomic E-state index is 12.9. The Morgan fingerprint density at radius 3 is 1.28 bits per heavy atom. The van der Waals surface area contributed by atoms with Crippen LogP contribution in [-0.4, -0.2) is 73.4 Å². The predicted octanol–water partition coefficient (Wildman–Crippen LogP) is 17.1. The largest absolute Gasteiger partial charge is 0.472 e. The molecule has 0 spiro atoms. The SMILES string of the molecule is CC/C=C\C/C=C\C/C=C\C/C=C\C/C=C\C/C=C\C/C=C\C/C=C\C/C=C\C/C=C\C/C=C\CCCCCCCC(=O)NC(COP(=O)(O)OCC[N+](C)(C)C)C(O)/C=C/CC/C=C/CCCCCCC. The second-order valence-electron chi connectivity index (χ2n) is 19.2. The van der Waals surface area contributed by atoms with Crippen molar-refractivity contribution in [3.05, 3.63) is 158 Å².